The van der Waals surface area contributed by atoms with Gasteiger partial charge in [-0.25, -0.2) is 13.8 Å². The minimum atomic E-state index is -3.04. The van der Waals surface area contributed by atoms with Crippen molar-refractivity contribution in [1.29, 1.82) is 0 Å². The van der Waals surface area contributed by atoms with Gasteiger partial charge in [-0.15, -0.1) is 11.6 Å². The van der Waals surface area contributed by atoms with Gasteiger partial charge >= 0.3 is 0 Å². The molecule has 1 aromatic heterocycles. The molecular weight excluding hydrogens is 246 g/mol. The fourth-order valence-corrected chi connectivity index (χ4v) is 1.31. The maximum absolute atomic E-state index is 12.5. The number of nitro groups is 1. The monoisotopic (exact) mass is 252 g/mol. The fourth-order valence-electron chi connectivity index (χ4n) is 1.12. The molecule has 0 atom stereocenters. The molecule has 0 aliphatic rings. The summed E-state index contributed by atoms with van der Waals surface area (Å²) >= 11 is 5.49. The second-order valence-corrected chi connectivity index (χ2v) is 3.02. The van der Waals surface area contributed by atoms with Crippen molar-refractivity contribution in [3.63, 3.8) is 0 Å². The van der Waals surface area contributed by atoms with Crippen LogP contribution in [0.4, 0.5) is 14.5 Å². The standard InChI is InChI=1S/C8H7ClF2N2O3/c1-16-8-4(3-9)2-5(13(14)15)6(12-8)7(10)11/h2,7H,3H2,1H3. The van der Waals surface area contributed by atoms with Crippen LogP contribution in [0.5, 0.6) is 5.88 Å². The third kappa shape index (κ3) is 2.35. The van der Waals surface area contributed by atoms with Crippen LogP contribution in [-0.2, 0) is 5.88 Å². The smallest absolute Gasteiger partial charge is 0.297 e. The summed E-state index contributed by atoms with van der Waals surface area (Å²) in [5.74, 6) is -0.239. The number of hydrogen-bond donors (Lipinski definition) is 0. The molecule has 0 aliphatic carbocycles. The average molecular weight is 253 g/mol. The Kier molecular flexibility index (Phi) is 3.94. The lowest BCUT2D eigenvalue weighted by Crippen LogP contribution is -2.03. The Morgan fingerprint density at radius 1 is 1.69 bits per heavy atom. The van der Waals surface area contributed by atoms with Crippen LogP contribution in [0.15, 0.2) is 6.07 Å². The number of aromatic nitrogens is 1. The molecule has 5 nitrogen and oxygen atoms in total. The molecule has 0 unspecified atom stereocenters. The summed E-state index contributed by atoms with van der Waals surface area (Å²) in [5, 5.41) is 10.5. The second-order valence-electron chi connectivity index (χ2n) is 2.75. The summed E-state index contributed by atoms with van der Waals surface area (Å²) in [6.45, 7) is 0. The van der Waals surface area contributed by atoms with Gasteiger partial charge in [0.05, 0.1) is 17.9 Å². The van der Waals surface area contributed by atoms with E-state index in [2.05, 4.69) is 4.98 Å². The number of methoxy groups -OCH3 is 1. The molecule has 0 saturated carbocycles. The molecule has 0 saturated heterocycles. The largest absolute Gasteiger partial charge is 0.481 e. The molecular formula is C8H7ClF2N2O3. The van der Waals surface area contributed by atoms with Gasteiger partial charge in [-0.05, 0) is 0 Å². The third-order valence-corrected chi connectivity index (χ3v) is 2.10. The molecule has 0 aromatic carbocycles. The van der Waals surface area contributed by atoms with E-state index >= 15 is 0 Å². The van der Waals surface area contributed by atoms with Gasteiger partial charge in [0.25, 0.3) is 12.1 Å². The van der Waals surface area contributed by atoms with Gasteiger partial charge in [0.1, 0.15) is 0 Å². The van der Waals surface area contributed by atoms with Gasteiger partial charge in [-0.3, -0.25) is 10.1 Å². The highest BCUT2D eigenvalue weighted by molar-refractivity contribution is 6.17. The first-order valence-electron chi connectivity index (χ1n) is 4.07. The predicted molar refractivity (Wildman–Crippen MR) is 52.0 cm³/mol. The summed E-state index contributed by atoms with van der Waals surface area (Å²) in [4.78, 5) is 13.0. The van der Waals surface area contributed by atoms with Crippen LogP contribution in [0, 0.1) is 10.1 Å². The van der Waals surface area contributed by atoms with Crippen molar-refractivity contribution >= 4 is 17.3 Å². The maximum atomic E-state index is 12.5. The first-order valence-corrected chi connectivity index (χ1v) is 4.61. The van der Waals surface area contributed by atoms with E-state index in [9.17, 15) is 18.9 Å². The van der Waals surface area contributed by atoms with Crippen molar-refractivity contribution in [2.45, 2.75) is 12.3 Å². The number of ether oxygens (including phenoxy) is 1. The van der Waals surface area contributed by atoms with Crippen LogP contribution in [0.25, 0.3) is 0 Å². The lowest BCUT2D eigenvalue weighted by molar-refractivity contribution is -0.386. The number of rotatable bonds is 4. The molecule has 0 fully saturated rings. The zero-order chi connectivity index (χ0) is 12.3. The quantitative estimate of drug-likeness (QED) is 0.469. The van der Waals surface area contributed by atoms with Crippen molar-refractivity contribution in [2.24, 2.45) is 0 Å². The third-order valence-electron chi connectivity index (χ3n) is 1.81. The van der Waals surface area contributed by atoms with Crippen molar-refractivity contribution in [1.82, 2.24) is 4.98 Å². The van der Waals surface area contributed by atoms with E-state index in [-0.39, 0.29) is 17.3 Å². The summed E-state index contributed by atoms with van der Waals surface area (Å²) < 4.78 is 29.7. The molecule has 8 heteroatoms. The Morgan fingerprint density at radius 2 is 2.31 bits per heavy atom. The molecule has 0 aliphatic heterocycles. The SMILES string of the molecule is COc1nc(C(F)F)c([N+](=O)[O-])cc1CCl. The Morgan fingerprint density at radius 3 is 2.69 bits per heavy atom. The van der Waals surface area contributed by atoms with Crippen LogP contribution in [0.2, 0.25) is 0 Å². The van der Waals surface area contributed by atoms with E-state index in [0.29, 0.717) is 0 Å². The normalized spacial score (nSPS) is 10.6. The van der Waals surface area contributed by atoms with Crippen molar-refractivity contribution in [2.75, 3.05) is 7.11 Å². The van der Waals surface area contributed by atoms with Crippen molar-refractivity contribution < 1.29 is 18.4 Å². The van der Waals surface area contributed by atoms with Gasteiger partial charge in [0.2, 0.25) is 5.88 Å². The van der Waals surface area contributed by atoms with E-state index in [1.807, 2.05) is 0 Å². The van der Waals surface area contributed by atoms with Gasteiger partial charge < -0.3 is 4.74 Å². The summed E-state index contributed by atoms with van der Waals surface area (Å²) in [6, 6.07) is 0.945. The van der Waals surface area contributed by atoms with E-state index in [0.717, 1.165) is 6.07 Å². The van der Waals surface area contributed by atoms with Gasteiger partial charge in [0.15, 0.2) is 5.69 Å². The average Bonchev–Trinajstić information content (AvgIpc) is 2.26. The maximum Gasteiger partial charge on any atom is 0.297 e. The first kappa shape index (κ1) is 12.6. The zero-order valence-corrected chi connectivity index (χ0v) is 8.87. The molecule has 0 bridgehead atoms. The lowest BCUT2D eigenvalue weighted by atomic mass is 10.2. The zero-order valence-electron chi connectivity index (χ0n) is 8.11. The molecule has 0 radical (unpaired) electrons. The number of hydrogen-bond acceptors (Lipinski definition) is 4. The lowest BCUT2D eigenvalue weighted by Gasteiger charge is -2.07. The molecule has 1 heterocycles. The molecule has 88 valence electrons. The van der Waals surface area contributed by atoms with Crippen molar-refractivity contribution in [3.05, 3.63) is 27.4 Å². The minimum absolute atomic E-state index is 0.111. The summed E-state index contributed by atoms with van der Waals surface area (Å²) in [7, 11) is 1.22. The summed E-state index contributed by atoms with van der Waals surface area (Å²) in [5.41, 5.74) is -1.48. The van der Waals surface area contributed by atoms with Crippen LogP contribution in [-0.4, -0.2) is 17.0 Å². The van der Waals surface area contributed by atoms with Crippen LogP contribution in [0.1, 0.15) is 17.7 Å². The Labute approximate surface area is 94.1 Å². The van der Waals surface area contributed by atoms with E-state index in [1.54, 1.807) is 0 Å². The molecule has 1 rings (SSSR count). The van der Waals surface area contributed by atoms with E-state index < -0.39 is 22.7 Å². The highest BCUT2D eigenvalue weighted by Gasteiger charge is 2.26. The molecule has 0 N–H and O–H groups in total. The fraction of sp³-hybridized carbons (Fsp3) is 0.375. The van der Waals surface area contributed by atoms with Gasteiger partial charge in [-0.2, -0.15) is 0 Å². The molecule has 1 aromatic rings. The predicted octanol–water partition coefficient (Wildman–Crippen LogP) is 2.67. The Balaban J connectivity index is 3.41. The van der Waals surface area contributed by atoms with Gasteiger partial charge in [-0.1, -0.05) is 0 Å². The number of nitrogens with zero attached hydrogens (tertiary/aromatic N) is 2. The first-order chi connectivity index (χ1) is 7.51. The molecule has 0 amide bonds. The second kappa shape index (κ2) is 5.02. The number of pyridine rings is 1. The summed E-state index contributed by atoms with van der Waals surface area (Å²) in [6.07, 6.45) is -3.04. The minimum Gasteiger partial charge on any atom is -0.481 e. The highest BCUT2D eigenvalue weighted by Crippen LogP contribution is 2.32. The van der Waals surface area contributed by atoms with Crippen LogP contribution >= 0.6 is 11.6 Å². The van der Waals surface area contributed by atoms with E-state index in [1.165, 1.54) is 7.11 Å². The van der Waals surface area contributed by atoms with Crippen molar-refractivity contribution in [3.8, 4) is 5.88 Å². The number of halogens is 3. The van der Waals surface area contributed by atoms with Gasteiger partial charge in [0, 0.05) is 11.6 Å². The molecule has 0 spiro atoms. The highest BCUT2D eigenvalue weighted by atomic mass is 35.5. The Hall–Kier alpha value is -1.50. The topological polar surface area (TPSA) is 65.3 Å². The van der Waals surface area contributed by atoms with Crippen LogP contribution < -0.4 is 4.74 Å². The Bertz CT molecular complexity index is 415. The molecule has 16 heavy (non-hydrogen) atoms. The number of alkyl halides is 3. The van der Waals surface area contributed by atoms with Crippen LogP contribution in [0.3, 0.4) is 0 Å². The van der Waals surface area contributed by atoms with E-state index in [4.69, 9.17) is 16.3 Å².